The summed E-state index contributed by atoms with van der Waals surface area (Å²) in [7, 11) is 4.76. The van der Waals surface area contributed by atoms with Crippen molar-refractivity contribution in [3.05, 3.63) is 60.3 Å². The van der Waals surface area contributed by atoms with Crippen molar-refractivity contribution in [1.29, 1.82) is 0 Å². The molecule has 1 N–H and O–H groups in total. The molecule has 0 bridgehead atoms. The molecule has 0 radical (unpaired) electrons. The lowest BCUT2D eigenvalue weighted by atomic mass is 10.1. The molecule has 2 aromatic carbocycles. The molecule has 0 spiro atoms. The molecule has 0 saturated carbocycles. The zero-order valence-corrected chi connectivity index (χ0v) is 14.3. The molecule has 6 nitrogen and oxygen atoms in total. The first-order valence-corrected chi connectivity index (χ1v) is 7.77. The van der Waals surface area contributed by atoms with E-state index in [0.717, 1.165) is 11.3 Å². The van der Waals surface area contributed by atoms with Gasteiger partial charge in [-0.3, -0.25) is 4.79 Å². The number of hydrogen-bond acceptors (Lipinski definition) is 4. The number of amides is 1. The molecular formula is C19H19N3O3. The molecule has 3 rings (SSSR count). The molecule has 0 saturated heterocycles. The Morgan fingerprint density at radius 1 is 1.08 bits per heavy atom. The van der Waals surface area contributed by atoms with E-state index in [0.29, 0.717) is 22.8 Å². The van der Waals surface area contributed by atoms with Gasteiger partial charge in [0.05, 0.1) is 25.5 Å². The van der Waals surface area contributed by atoms with Crippen molar-refractivity contribution in [2.45, 2.75) is 0 Å². The Hall–Kier alpha value is -3.28. The number of carbonyl (C=O) groups is 1. The molecule has 0 aliphatic carbocycles. The second kappa shape index (κ2) is 7.09. The normalized spacial score (nSPS) is 10.4. The van der Waals surface area contributed by atoms with Crippen LogP contribution in [0.1, 0.15) is 10.4 Å². The molecular weight excluding hydrogens is 318 g/mol. The number of benzene rings is 2. The van der Waals surface area contributed by atoms with Crippen LogP contribution in [-0.2, 0) is 0 Å². The first kappa shape index (κ1) is 16.6. The SMILES string of the molecule is CNC(=O)c1cn(-c2ccccc2)nc1-c1ccc(OC)cc1OC. The maximum absolute atomic E-state index is 12.3. The molecule has 0 fully saturated rings. The van der Waals surface area contributed by atoms with Crippen molar-refractivity contribution >= 4 is 5.91 Å². The monoisotopic (exact) mass is 337 g/mol. The van der Waals surface area contributed by atoms with Gasteiger partial charge in [0, 0.05) is 24.9 Å². The van der Waals surface area contributed by atoms with Gasteiger partial charge >= 0.3 is 0 Å². The molecule has 25 heavy (non-hydrogen) atoms. The summed E-state index contributed by atoms with van der Waals surface area (Å²) >= 11 is 0. The highest BCUT2D eigenvalue weighted by Gasteiger charge is 2.20. The van der Waals surface area contributed by atoms with E-state index in [1.807, 2.05) is 42.5 Å². The molecule has 6 heteroatoms. The third kappa shape index (κ3) is 3.19. The van der Waals surface area contributed by atoms with Crippen LogP contribution in [0.25, 0.3) is 16.9 Å². The number of methoxy groups -OCH3 is 2. The lowest BCUT2D eigenvalue weighted by Crippen LogP contribution is -2.18. The molecule has 1 heterocycles. The summed E-state index contributed by atoms with van der Waals surface area (Å²) in [5.74, 6) is 1.04. The van der Waals surface area contributed by atoms with Gasteiger partial charge in [0.2, 0.25) is 0 Å². The van der Waals surface area contributed by atoms with Gasteiger partial charge in [-0.15, -0.1) is 0 Å². The molecule has 1 amide bonds. The smallest absolute Gasteiger partial charge is 0.254 e. The summed E-state index contributed by atoms with van der Waals surface area (Å²) in [5, 5.41) is 7.28. The minimum Gasteiger partial charge on any atom is -0.497 e. The zero-order valence-electron chi connectivity index (χ0n) is 14.3. The van der Waals surface area contributed by atoms with Gasteiger partial charge in [-0.2, -0.15) is 5.10 Å². The molecule has 3 aromatic rings. The highest BCUT2D eigenvalue weighted by atomic mass is 16.5. The lowest BCUT2D eigenvalue weighted by Gasteiger charge is -2.10. The Morgan fingerprint density at radius 2 is 1.84 bits per heavy atom. The predicted octanol–water partition coefficient (Wildman–Crippen LogP) is 2.92. The first-order valence-electron chi connectivity index (χ1n) is 7.77. The topological polar surface area (TPSA) is 65.4 Å². The van der Waals surface area contributed by atoms with Crippen molar-refractivity contribution in [2.75, 3.05) is 21.3 Å². The Labute approximate surface area is 146 Å². The van der Waals surface area contributed by atoms with Gasteiger partial charge in [-0.1, -0.05) is 18.2 Å². The summed E-state index contributed by atoms with van der Waals surface area (Å²) in [6.45, 7) is 0. The van der Waals surface area contributed by atoms with Gasteiger partial charge in [0.1, 0.15) is 17.2 Å². The van der Waals surface area contributed by atoms with Gasteiger partial charge in [-0.05, 0) is 24.3 Å². The number of ether oxygens (including phenoxy) is 2. The Bertz CT molecular complexity index is 888. The molecule has 1 aromatic heterocycles. The Balaban J connectivity index is 2.18. The van der Waals surface area contributed by atoms with E-state index in [4.69, 9.17) is 9.47 Å². The second-order valence-electron chi connectivity index (χ2n) is 5.32. The highest BCUT2D eigenvalue weighted by Crippen LogP contribution is 2.34. The minimum atomic E-state index is -0.213. The molecule has 0 atom stereocenters. The maximum Gasteiger partial charge on any atom is 0.254 e. The number of nitrogens with zero attached hydrogens (tertiary/aromatic N) is 2. The minimum absolute atomic E-state index is 0.213. The lowest BCUT2D eigenvalue weighted by molar-refractivity contribution is 0.0963. The second-order valence-corrected chi connectivity index (χ2v) is 5.32. The Kier molecular flexibility index (Phi) is 4.70. The van der Waals surface area contributed by atoms with Crippen LogP contribution in [-0.4, -0.2) is 37.0 Å². The number of nitrogens with one attached hydrogen (secondary N) is 1. The quantitative estimate of drug-likeness (QED) is 0.777. The number of para-hydroxylation sites is 1. The van der Waals surface area contributed by atoms with Gasteiger partial charge in [-0.25, -0.2) is 4.68 Å². The number of carbonyl (C=O) groups excluding carboxylic acids is 1. The van der Waals surface area contributed by atoms with E-state index in [9.17, 15) is 4.79 Å². The van der Waals surface area contributed by atoms with E-state index >= 15 is 0 Å². The van der Waals surface area contributed by atoms with Crippen molar-refractivity contribution in [3.63, 3.8) is 0 Å². The van der Waals surface area contributed by atoms with E-state index in [1.165, 1.54) is 0 Å². The van der Waals surface area contributed by atoms with E-state index < -0.39 is 0 Å². The number of rotatable bonds is 5. The van der Waals surface area contributed by atoms with Crippen LogP contribution < -0.4 is 14.8 Å². The highest BCUT2D eigenvalue weighted by molar-refractivity contribution is 6.00. The van der Waals surface area contributed by atoms with Crippen LogP contribution in [0.3, 0.4) is 0 Å². The first-order chi connectivity index (χ1) is 12.2. The third-order valence-electron chi connectivity index (χ3n) is 3.87. The van der Waals surface area contributed by atoms with Crippen LogP contribution in [0.5, 0.6) is 11.5 Å². The third-order valence-corrected chi connectivity index (χ3v) is 3.87. The van der Waals surface area contributed by atoms with Crippen LogP contribution >= 0.6 is 0 Å². The van der Waals surface area contributed by atoms with Gasteiger partial charge in [0.25, 0.3) is 5.91 Å². The van der Waals surface area contributed by atoms with E-state index in [1.54, 1.807) is 38.2 Å². The number of aromatic nitrogens is 2. The van der Waals surface area contributed by atoms with Crippen molar-refractivity contribution in [1.82, 2.24) is 15.1 Å². The largest absolute Gasteiger partial charge is 0.497 e. The zero-order chi connectivity index (χ0) is 17.8. The van der Waals surface area contributed by atoms with Crippen LogP contribution in [0.2, 0.25) is 0 Å². The summed E-state index contributed by atoms with van der Waals surface area (Å²) in [5.41, 5.74) is 2.60. The predicted molar refractivity (Wildman–Crippen MR) is 95.5 cm³/mol. The van der Waals surface area contributed by atoms with Crippen LogP contribution in [0, 0.1) is 0 Å². The molecule has 0 aliphatic heterocycles. The van der Waals surface area contributed by atoms with Gasteiger partial charge < -0.3 is 14.8 Å². The number of hydrogen-bond donors (Lipinski definition) is 1. The Morgan fingerprint density at radius 3 is 2.48 bits per heavy atom. The summed E-state index contributed by atoms with van der Waals surface area (Å²) in [6.07, 6.45) is 1.72. The molecule has 0 unspecified atom stereocenters. The van der Waals surface area contributed by atoms with Gasteiger partial charge in [0.15, 0.2) is 0 Å². The van der Waals surface area contributed by atoms with Crippen molar-refractivity contribution < 1.29 is 14.3 Å². The van der Waals surface area contributed by atoms with E-state index in [-0.39, 0.29) is 5.91 Å². The summed E-state index contributed by atoms with van der Waals surface area (Å²) < 4.78 is 12.4. The summed E-state index contributed by atoms with van der Waals surface area (Å²) in [6, 6.07) is 15.0. The van der Waals surface area contributed by atoms with Crippen molar-refractivity contribution in [3.8, 4) is 28.4 Å². The van der Waals surface area contributed by atoms with E-state index in [2.05, 4.69) is 10.4 Å². The molecule has 128 valence electrons. The molecule has 0 aliphatic rings. The van der Waals surface area contributed by atoms with Crippen LogP contribution in [0.15, 0.2) is 54.7 Å². The van der Waals surface area contributed by atoms with Crippen molar-refractivity contribution in [2.24, 2.45) is 0 Å². The summed E-state index contributed by atoms with van der Waals surface area (Å²) in [4.78, 5) is 12.3. The fourth-order valence-electron chi connectivity index (χ4n) is 2.58. The fourth-order valence-corrected chi connectivity index (χ4v) is 2.58. The van der Waals surface area contributed by atoms with Crippen LogP contribution in [0.4, 0.5) is 0 Å². The standard InChI is InChI=1S/C19H19N3O3/c1-20-19(23)16-12-22(13-7-5-4-6-8-13)21-18(16)15-10-9-14(24-2)11-17(15)25-3/h4-12H,1-3H3,(H,20,23). The maximum atomic E-state index is 12.3. The average molecular weight is 337 g/mol. The average Bonchev–Trinajstić information content (AvgIpc) is 3.12. The fraction of sp³-hybridized carbons (Fsp3) is 0.158.